The molecule has 4 aromatic rings. The quantitative estimate of drug-likeness (QED) is 0.0387. The zero-order valence-corrected chi connectivity index (χ0v) is 78.1. The van der Waals surface area contributed by atoms with E-state index in [1.165, 1.54) is 0 Å². The van der Waals surface area contributed by atoms with Gasteiger partial charge in [0.15, 0.2) is 0 Å². The van der Waals surface area contributed by atoms with Gasteiger partial charge < -0.3 is 0 Å². The molecular weight excluding hydrogens is 1470 g/mol. The number of unbranched alkanes of at least 4 members (excludes halogenated alkanes) is 24. The molecule has 0 saturated carbocycles. The maximum Gasteiger partial charge on any atom is 0.0723 e. The van der Waals surface area contributed by atoms with Crippen molar-refractivity contribution in [1.29, 1.82) is 0 Å². The molecule has 660 valence electrons. The highest BCUT2D eigenvalue weighted by Crippen LogP contribution is 2.29. The molecule has 0 saturated heterocycles. The average molecular weight is 1630 g/mol. The fourth-order valence-corrected chi connectivity index (χ4v) is 17.5. The third-order valence-electron chi connectivity index (χ3n) is 24.9. The Labute approximate surface area is 733 Å². The van der Waals surface area contributed by atoms with Crippen molar-refractivity contribution >= 4 is 74.6 Å². The van der Waals surface area contributed by atoms with E-state index in [1.807, 2.05) is 0 Å². The van der Waals surface area contributed by atoms with Crippen LogP contribution in [0.4, 0.5) is 0 Å². The Kier molecular flexibility index (Phi) is 51.8. The van der Waals surface area contributed by atoms with Gasteiger partial charge in [0.05, 0.1) is 72.5 Å². The largest absolute Gasteiger partial charge is 0.287 e. The van der Waals surface area contributed by atoms with Gasteiger partial charge in [0.2, 0.25) is 0 Å². The third kappa shape index (κ3) is 39.2. The molecule has 12 nitrogen and oxygen atoms in total. The van der Waals surface area contributed by atoms with Gasteiger partial charge in [-0.15, -0.1) is 0 Å². The highest BCUT2D eigenvalue weighted by atomic mass is 14.9. The first kappa shape index (κ1) is 100. The van der Waals surface area contributed by atoms with Crippen LogP contribution < -0.4 is 0 Å². The summed E-state index contributed by atoms with van der Waals surface area (Å²) in [6.45, 7) is 27.8. The van der Waals surface area contributed by atoms with Crippen molar-refractivity contribution in [3.8, 4) is 0 Å². The van der Waals surface area contributed by atoms with Crippen LogP contribution in [0.3, 0.4) is 0 Å². The number of hydrogen-bond acceptors (Lipinski definition) is 12. The molecule has 4 aliphatic heterocycles. The lowest BCUT2D eigenvalue weighted by Gasteiger charge is -2.22. The predicted molar refractivity (Wildman–Crippen MR) is 532 cm³/mol. The van der Waals surface area contributed by atoms with Gasteiger partial charge in [-0.2, -0.15) is 0 Å². The van der Waals surface area contributed by atoms with Crippen LogP contribution in [0.2, 0.25) is 0 Å². The standard InChI is InChI=1S/C108H168N12/c1-13-25-37-49-97-98(50-38-26-14-2)110-74-86-63-89-66-90(64-86)78-114-104(56-44-32-20-8)106(58-46-34-22-10)118-82-94-68-92-70-96(72-94)84-120-108(60-48-36-24-12)107(59-47-35-23-11)119-83-95-69-91(67-93(71-95)81-117-105(57-45-33-21-9)103(113-77-89)55-43-31-19-7)79-115-101(53-41-29-17-5)99(51-39-27-15-3)111-75-87-61-85(73-109-97)62-88(65-87)76-112-100(52-40-28-16-4)102(116-80-92)54-42-30-18-6/h61-84,97-108H,13-60H2,1-12H3. The van der Waals surface area contributed by atoms with Crippen molar-refractivity contribution < 1.29 is 0 Å². The van der Waals surface area contributed by atoms with Gasteiger partial charge in [0, 0.05) is 74.6 Å². The van der Waals surface area contributed by atoms with E-state index in [4.69, 9.17) is 59.9 Å². The molecule has 0 fully saturated rings. The first-order valence-corrected chi connectivity index (χ1v) is 50.0. The molecule has 12 unspecified atom stereocenters. The molecule has 12 atom stereocenters. The molecule has 0 aromatic heterocycles. The summed E-state index contributed by atoms with van der Waals surface area (Å²) in [5, 5.41) is 0. The van der Waals surface area contributed by atoms with Gasteiger partial charge in [0.1, 0.15) is 0 Å². The molecule has 0 spiro atoms. The number of rotatable bonds is 48. The van der Waals surface area contributed by atoms with Crippen molar-refractivity contribution in [3.05, 3.63) is 140 Å². The molecule has 4 aromatic carbocycles. The predicted octanol–water partition coefficient (Wildman–Crippen LogP) is 29.2. The molecule has 12 heteroatoms. The van der Waals surface area contributed by atoms with Crippen LogP contribution in [0.5, 0.6) is 0 Å². The average Bonchev–Trinajstić information content (AvgIpc) is 0.918. The van der Waals surface area contributed by atoms with E-state index >= 15 is 0 Å². The summed E-state index contributed by atoms with van der Waals surface area (Å²) < 4.78 is 0. The van der Waals surface area contributed by atoms with Crippen molar-refractivity contribution in [3.63, 3.8) is 0 Å². The van der Waals surface area contributed by atoms with Crippen LogP contribution >= 0.6 is 0 Å². The van der Waals surface area contributed by atoms with Gasteiger partial charge in [-0.1, -0.05) is 314 Å². The zero-order chi connectivity index (χ0) is 85.3. The molecule has 0 N–H and O–H groups in total. The summed E-state index contributed by atoms with van der Waals surface area (Å²) in [6.07, 6.45) is 78.3. The summed E-state index contributed by atoms with van der Waals surface area (Å²) in [7, 11) is 0. The van der Waals surface area contributed by atoms with Crippen LogP contribution in [-0.2, 0) is 0 Å². The van der Waals surface area contributed by atoms with Gasteiger partial charge in [-0.3, -0.25) is 59.9 Å². The second kappa shape index (κ2) is 62.1. The molecule has 4 heterocycles. The zero-order valence-electron chi connectivity index (χ0n) is 78.1. The Balaban J connectivity index is 1.73. The van der Waals surface area contributed by atoms with Crippen molar-refractivity contribution in [1.82, 2.24) is 0 Å². The van der Waals surface area contributed by atoms with Crippen LogP contribution in [0.15, 0.2) is 133 Å². The molecule has 8 rings (SSSR count). The molecule has 0 aliphatic carbocycles. The molecule has 0 radical (unpaired) electrons. The Morgan fingerprint density at radius 1 is 0.125 bits per heavy atom. The van der Waals surface area contributed by atoms with Gasteiger partial charge >= 0.3 is 0 Å². The lowest BCUT2D eigenvalue weighted by molar-refractivity contribution is 0.443. The maximum absolute atomic E-state index is 5.81. The molecule has 4 aliphatic rings. The fourth-order valence-electron chi connectivity index (χ4n) is 17.5. The molecular formula is C108H168N12. The third-order valence-corrected chi connectivity index (χ3v) is 24.9. The van der Waals surface area contributed by atoms with Gasteiger partial charge in [0.25, 0.3) is 0 Å². The lowest BCUT2D eigenvalue weighted by Crippen LogP contribution is -2.24. The Hall–Kier alpha value is -7.08. The Morgan fingerprint density at radius 2 is 0.200 bits per heavy atom. The summed E-state index contributed by atoms with van der Waals surface area (Å²) in [5.41, 5.74) is 12.6. The van der Waals surface area contributed by atoms with E-state index in [0.717, 1.165) is 375 Å². The topological polar surface area (TPSA) is 148 Å². The van der Waals surface area contributed by atoms with Crippen LogP contribution in [0, 0.1) is 0 Å². The summed E-state index contributed by atoms with van der Waals surface area (Å²) in [6, 6.07) is 27.5. The minimum Gasteiger partial charge on any atom is -0.287 e. The van der Waals surface area contributed by atoms with E-state index in [9.17, 15) is 0 Å². The van der Waals surface area contributed by atoms with E-state index in [1.54, 1.807) is 0 Å². The smallest absolute Gasteiger partial charge is 0.0723 e. The maximum atomic E-state index is 5.81. The molecule has 120 heavy (non-hydrogen) atoms. The van der Waals surface area contributed by atoms with Crippen LogP contribution in [-0.4, -0.2) is 147 Å². The van der Waals surface area contributed by atoms with E-state index < -0.39 is 0 Å². The highest BCUT2D eigenvalue weighted by molar-refractivity contribution is 5.96. The number of benzene rings is 4. The van der Waals surface area contributed by atoms with E-state index in [2.05, 4.69) is 230 Å². The minimum absolute atomic E-state index is 0.0352. The minimum atomic E-state index is -0.0352. The number of nitrogens with zero attached hydrogens (tertiary/aromatic N) is 12. The second-order valence-corrected chi connectivity index (χ2v) is 35.8. The first-order valence-electron chi connectivity index (χ1n) is 50.0. The summed E-state index contributed by atoms with van der Waals surface area (Å²) in [4.78, 5) is 69.7. The normalized spacial score (nSPS) is 21.7. The van der Waals surface area contributed by atoms with Crippen molar-refractivity contribution in [2.75, 3.05) is 0 Å². The van der Waals surface area contributed by atoms with Crippen molar-refractivity contribution in [2.45, 2.75) is 464 Å². The summed E-state index contributed by atoms with van der Waals surface area (Å²) >= 11 is 0. The number of aliphatic imine (C=N–C) groups is 12. The number of fused-ring (bicyclic) bond motifs is 18. The fraction of sp³-hybridized carbons (Fsp3) is 0.667. The monoisotopic (exact) mass is 1630 g/mol. The van der Waals surface area contributed by atoms with Crippen molar-refractivity contribution in [2.24, 2.45) is 59.9 Å². The lowest BCUT2D eigenvalue weighted by atomic mass is 9.96. The Bertz CT molecular complexity index is 2870. The second-order valence-electron chi connectivity index (χ2n) is 35.8. The molecule has 12 bridgehead atoms. The first-order chi connectivity index (χ1) is 59.0. The van der Waals surface area contributed by atoms with Gasteiger partial charge in [-0.25, -0.2) is 0 Å². The highest BCUT2D eigenvalue weighted by Gasteiger charge is 2.27. The SMILES string of the molecule is CCCCCC1N=Cc2cc3cc(c2)C=NC(CCCCC)C(CCCCC)N=Cc2cc4cc(c2)C=NC(CCCCC)C(CCCCC)N=Cc2cc(cc(c2)C=NC(CCCCC)C(CCCCC)N=Cc2cc(cc(c2)C=NC(CCCCC)C(CCCCC)N=C4)C=NC1CCCCC)C=NC(CCCCC)C(CCCCC)N=C3. The van der Waals surface area contributed by atoms with Gasteiger partial charge in [-0.05, 0) is 217 Å². The molecule has 0 amide bonds. The Morgan fingerprint density at radius 3 is 0.267 bits per heavy atom. The van der Waals surface area contributed by atoms with Crippen LogP contribution in [0.25, 0.3) is 0 Å². The van der Waals surface area contributed by atoms with E-state index in [0.29, 0.717) is 0 Å². The van der Waals surface area contributed by atoms with Crippen LogP contribution in [0.1, 0.15) is 458 Å². The number of hydrogen-bond donors (Lipinski definition) is 0. The summed E-state index contributed by atoms with van der Waals surface area (Å²) in [5.74, 6) is 0. The van der Waals surface area contributed by atoms with E-state index in [-0.39, 0.29) is 72.5 Å².